The number of amides is 2. The van der Waals surface area contributed by atoms with Crippen LogP contribution in [0.15, 0.2) is 0 Å². The molecular formula is C10H23N2O6P. The van der Waals surface area contributed by atoms with Gasteiger partial charge in [-0.15, -0.1) is 0 Å². The number of carbonyl (C=O) groups excluding carboxylic acids is 2. The smallest absolute Gasteiger partial charge is 0.370 e. The normalized spacial score (nSPS) is 14.2. The molecule has 9 heteroatoms. The average molecular weight is 298 g/mol. The molecule has 1 aliphatic heterocycles. The molecule has 0 aliphatic carbocycles. The molecule has 0 bridgehead atoms. The van der Waals surface area contributed by atoms with Gasteiger partial charge in [-0.2, -0.15) is 0 Å². The first kappa shape index (κ1) is 20.4. The number of rotatable bonds is 3. The summed E-state index contributed by atoms with van der Waals surface area (Å²) in [5, 5.41) is 0. The third-order valence-corrected chi connectivity index (χ3v) is 3.32. The Balaban J connectivity index is 0. The van der Waals surface area contributed by atoms with Crippen LogP contribution < -0.4 is 5.73 Å². The fourth-order valence-electron chi connectivity index (χ4n) is 1.01. The lowest BCUT2D eigenvalue weighted by atomic mass is 10.4. The SMILES string of the molecule is CC(N)=O.CN1CCCC1=O.COP(=O)(OC)OC. The summed E-state index contributed by atoms with van der Waals surface area (Å²) in [5.41, 5.74) is 4.47. The van der Waals surface area contributed by atoms with E-state index in [4.69, 9.17) is 0 Å². The van der Waals surface area contributed by atoms with E-state index in [1.165, 1.54) is 28.3 Å². The quantitative estimate of drug-likeness (QED) is 0.771. The first-order chi connectivity index (χ1) is 8.72. The highest BCUT2D eigenvalue weighted by Crippen LogP contribution is 2.46. The Morgan fingerprint density at radius 1 is 1.26 bits per heavy atom. The highest BCUT2D eigenvalue weighted by Gasteiger charge is 2.18. The average Bonchev–Trinajstić information content (AvgIpc) is 2.73. The van der Waals surface area contributed by atoms with Crippen LogP contribution in [0.4, 0.5) is 0 Å². The van der Waals surface area contributed by atoms with Crippen LogP contribution in [0.1, 0.15) is 19.8 Å². The van der Waals surface area contributed by atoms with Gasteiger partial charge >= 0.3 is 7.82 Å². The number of phosphoric acid groups is 1. The van der Waals surface area contributed by atoms with Crippen LogP contribution in [0, 0.1) is 0 Å². The molecule has 1 heterocycles. The van der Waals surface area contributed by atoms with Crippen LogP contribution in [0.5, 0.6) is 0 Å². The molecule has 8 nitrogen and oxygen atoms in total. The van der Waals surface area contributed by atoms with Crippen LogP contribution in [0.25, 0.3) is 0 Å². The van der Waals surface area contributed by atoms with Crippen LogP contribution in [0.3, 0.4) is 0 Å². The molecule has 0 radical (unpaired) electrons. The van der Waals surface area contributed by atoms with Gasteiger partial charge in [0.2, 0.25) is 11.8 Å². The molecule has 0 atom stereocenters. The van der Waals surface area contributed by atoms with Gasteiger partial charge in [0.25, 0.3) is 0 Å². The molecule has 2 amide bonds. The summed E-state index contributed by atoms with van der Waals surface area (Å²) in [7, 11) is 2.45. The summed E-state index contributed by atoms with van der Waals surface area (Å²) >= 11 is 0. The predicted octanol–water partition coefficient (Wildman–Crippen LogP) is 0.764. The summed E-state index contributed by atoms with van der Waals surface area (Å²) in [4.78, 5) is 21.5. The molecule has 0 aromatic rings. The molecule has 0 aromatic carbocycles. The Hall–Kier alpha value is -0.950. The number of nitrogens with two attached hydrogens (primary N) is 1. The summed E-state index contributed by atoms with van der Waals surface area (Å²) in [5.74, 6) is -0.0417. The van der Waals surface area contributed by atoms with Crippen LogP contribution in [-0.2, 0) is 27.7 Å². The number of phosphoric ester groups is 1. The van der Waals surface area contributed by atoms with Gasteiger partial charge in [-0.05, 0) is 6.42 Å². The first-order valence-corrected chi connectivity index (χ1v) is 6.95. The molecule has 1 saturated heterocycles. The lowest BCUT2D eigenvalue weighted by Gasteiger charge is -2.08. The molecule has 1 rings (SSSR count). The molecule has 0 spiro atoms. The summed E-state index contributed by atoms with van der Waals surface area (Å²) in [6.45, 7) is 2.26. The predicted molar refractivity (Wildman–Crippen MR) is 70.4 cm³/mol. The molecule has 2 N–H and O–H groups in total. The van der Waals surface area contributed by atoms with Crippen LogP contribution in [0.2, 0.25) is 0 Å². The zero-order chi connectivity index (χ0) is 15.5. The van der Waals surface area contributed by atoms with Crippen molar-refractivity contribution in [3.8, 4) is 0 Å². The van der Waals surface area contributed by atoms with E-state index in [1.807, 2.05) is 7.05 Å². The maximum absolute atomic E-state index is 10.7. The van der Waals surface area contributed by atoms with Crippen molar-refractivity contribution in [1.82, 2.24) is 4.90 Å². The maximum Gasteiger partial charge on any atom is 0.473 e. The molecule has 114 valence electrons. The maximum atomic E-state index is 10.7. The second-order valence-electron chi connectivity index (χ2n) is 3.52. The van der Waals surface area contributed by atoms with Crippen molar-refractivity contribution in [1.29, 1.82) is 0 Å². The Morgan fingerprint density at radius 2 is 1.63 bits per heavy atom. The second kappa shape index (κ2) is 10.9. The Labute approximate surface area is 113 Å². The van der Waals surface area contributed by atoms with Crippen molar-refractivity contribution in [2.24, 2.45) is 5.73 Å². The fourth-order valence-corrected chi connectivity index (χ4v) is 1.45. The lowest BCUT2D eigenvalue weighted by molar-refractivity contribution is -0.126. The fraction of sp³-hybridized carbons (Fsp3) is 0.800. The molecule has 0 unspecified atom stereocenters. The van der Waals surface area contributed by atoms with Gasteiger partial charge in [-0.25, -0.2) is 4.57 Å². The molecular weight excluding hydrogens is 275 g/mol. The van der Waals surface area contributed by atoms with Crippen molar-refractivity contribution in [2.45, 2.75) is 19.8 Å². The molecule has 1 fully saturated rings. The third kappa shape index (κ3) is 11.9. The van der Waals surface area contributed by atoms with Gasteiger partial charge in [-0.3, -0.25) is 23.2 Å². The van der Waals surface area contributed by atoms with Gasteiger partial charge in [0.15, 0.2) is 0 Å². The van der Waals surface area contributed by atoms with E-state index < -0.39 is 7.82 Å². The van der Waals surface area contributed by atoms with E-state index in [-0.39, 0.29) is 5.91 Å². The van der Waals surface area contributed by atoms with E-state index >= 15 is 0 Å². The van der Waals surface area contributed by atoms with E-state index in [0.29, 0.717) is 5.91 Å². The van der Waals surface area contributed by atoms with Gasteiger partial charge in [0.1, 0.15) is 0 Å². The number of carbonyl (C=O) groups is 2. The highest BCUT2D eigenvalue weighted by molar-refractivity contribution is 7.48. The van der Waals surface area contributed by atoms with E-state index in [0.717, 1.165) is 19.4 Å². The van der Waals surface area contributed by atoms with Crippen molar-refractivity contribution in [3.05, 3.63) is 0 Å². The first-order valence-electron chi connectivity index (χ1n) is 5.49. The summed E-state index contributed by atoms with van der Waals surface area (Å²) in [6, 6.07) is 0. The Morgan fingerprint density at radius 3 is 1.68 bits per heavy atom. The van der Waals surface area contributed by atoms with Crippen LogP contribution in [-0.4, -0.2) is 51.6 Å². The van der Waals surface area contributed by atoms with Crippen molar-refractivity contribution in [2.75, 3.05) is 34.9 Å². The van der Waals surface area contributed by atoms with Crippen molar-refractivity contribution < 1.29 is 27.7 Å². The molecule has 1 aliphatic rings. The number of nitrogens with zero attached hydrogens (tertiary/aromatic N) is 1. The molecule has 0 saturated carbocycles. The van der Waals surface area contributed by atoms with Gasteiger partial charge in [0.05, 0.1) is 0 Å². The van der Waals surface area contributed by atoms with Gasteiger partial charge in [0, 0.05) is 48.3 Å². The summed E-state index contributed by atoms with van der Waals surface area (Å²) in [6.07, 6.45) is 1.81. The monoisotopic (exact) mass is 298 g/mol. The molecule has 19 heavy (non-hydrogen) atoms. The lowest BCUT2D eigenvalue weighted by Crippen LogP contribution is -2.17. The second-order valence-corrected chi connectivity index (χ2v) is 5.51. The van der Waals surface area contributed by atoms with E-state index in [2.05, 4.69) is 19.3 Å². The Bertz CT molecular complexity index is 300. The zero-order valence-corrected chi connectivity index (χ0v) is 12.9. The number of hydrogen-bond acceptors (Lipinski definition) is 6. The van der Waals surface area contributed by atoms with Gasteiger partial charge < -0.3 is 10.6 Å². The standard InChI is InChI=1S/C5H9NO.C3H9O4P.C2H5NO/c1-6-4-2-3-5(6)7;1-5-8(4,6-2)7-3;1-2(3)4/h2-4H2,1H3;1-3H3;1H3,(H2,3,4). The van der Waals surface area contributed by atoms with E-state index in [9.17, 15) is 14.2 Å². The van der Waals surface area contributed by atoms with Crippen molar-refractivity contribution >= 4 is 19.6 Å². The minimum Gasteiger partial charge on any atom is -0.370 e. The minimum absolute atomic E-state index is 0.292. The number of primary amides is 1. The topological polar surface area (TPSA) is 108 Å². The van der Waals surface area contributed by atoms with Crippen molar-refractivity contribution in [3.63, 3.8) is 0 Å². The minimum atomic E-state index is -3.16. The Kier molecular flexibility index (Phi) is 11.7. The number of hydrogen-bond donors (Lipinski definition) is 1. The molecule has 0 aromatic heterocycles. The van der Waals surface area contributed by atoms with E-state index in [1.54, 1.807) is 4.90 Å². The zero-order valence-electron chi connectivity index (χ0n) is 12.0. The highest BCUT2D eigenvalue weighted by atomic mass is 31.2. The largest absolute Gasteiger partial charge is 0.473 e. The number of likely N-dealkylation sites (tertiary alicyclic amines) is 1. The third-order valence-electron chi connectivity index (χ3n) is 1.98. The van der Waals surface area contributed by atoms with Gasteiger partial charge in [-0.1, -0.05) is 0 Å². The summed E-state index contributed by atoms with van der Waals surface area (Å²) < 4.78 is 23.7. The van der Waals surface area contributed by atoms with Crippen LogP contribution >= 0.6 is 7.82 Å².